The Bertz CT molecular complexity index is 2050. The Morgan fingerprint density at radius 1 is 0.906 bits per heavy atom. The van der Waals surface area contributed by atoms with Gasteiger partial charge in [0, 0.05) is 69.5 Å². The number of aliphatic carboxylic acids is 1. The van der Waals surface area contributed by atoms with E-state index >= 15 is 0 Å². The van der Waals surface area contributed by atoms with Crippen LogP contribution in [0.4, 0.5) is 0 Å². The first-order valence-corrected chi connectivity index (χ1v) is 16.8. The number of aryl methyl sites for hydroxylation is 2. The number of hydrogen-bond donors (Lipinski definition) is 6. The number of amides is 1. The number of methoxy groups -OCH3 is 1. The summed E-state index contributed by atoms with van der Waals surface area (Å²) < 4.78 is 5.07. The number of carbonyl (C=O) groups excluding carboxylic acids is 3. The van der Waals surface area contributed by atoms with Gasteiger partial charge in [0.1, 0.15) is 0 Å². The molecule has 0 saturated heterocycles. The largest absolute Gasteiger partial charge is 2.00 e. The van der Waals surface area contributed by atoms with E-state index in [-0.39, 0.29) is 171 Å². The summed E-state index contributed by atoms with van der Waals surface area (Å²) >= 11 is 0. The maximum atomic E-state index is 13.9. The predicted octanol–water partition coefficient (Wildman–Crippen LogP) is -1.40. The molecule has 2 aliphatic heterocycles. The van der Waals surface area contributed by atoms with Crippen LogP contribution in [-0.4, -0.2) is 85.2 Å². The molecule has 0 aliphatic carbocycles. The molecule has 3 aromatic rings. The number of ketones is 1. The second kappa shape index (κ2) is 20.5. The summed E-state index contributed by atoms with van der Waals surface area (Å²) in [4.78, 5) is 69.0. The van der Waals surface area contributed by atoms with Crippen molar-refractivity contribution in [3.8, 4) is 0 Å². The average molecular weight is 872 g/mol. The number of hydrogen-bond acceptors (Lipinski definition) is 9. The first-order chi connectivity index (χ1) is 23.7. The van der Waals surface area contributed by atoms with Crippen LogP contribution in [0.3, 0.4) is 0 Å². The molecule has 5 heterocycles. The molecule has 8 bridgehead atoms. The molecule has 1 amide bonds. The number of rotatable bonds is 10. The Kier molecular flexibility index (Phi) is 18.6. The van der Waals surface area contributed by atoms with E-state index in [0.29, 0.717) is 50.2 Å². The van der Waals surface area contributed by atoms with E-state index in [0.717, 1.165) is 17.8 Å². The van der Waals surface area contributed by atoms with Crippen molar-refractivity contribution >= 4 is 45.7 Å². The number of Topliss-reactive ketones (excluding diaryl/α,β-unsaturated/α-hetero) is 1. The molecule has 5 atom stereocenters. The summed E-state index contributed by atoms with van der Waals surface area (Å²) in [5.74, 6) is -3.48. The van der Waals surface area contributed by atoms with Crippen LogP contribution in [0.15, 0.2) is 18.2 Å². The molecule has 0 fully saturated rings. The van der Waals surface area contributed by atoms with E-state index < -0.39 is 42.4 Å². The van der Waals surface area contributed by atoms with Crippen molar-refractivity contribution in [2.75, 3.05) is 20.3 Å². The summed E-state index contributed by atoms with van der Waals surface area (Å²) in [5.41, 5.74) is 6.72. The molecule has 3 aromatic heterocycles. The molecule has 5 rings (SSSR count). The number of aromatic amines is 2. The summed E-state index contributed by atoms with van der Waals surface area (Å²) in [7, 11) is 1.24. The van der Waals surface area contributed by atoms with E-state index in [2.05, 4.69) is 29.1 Å². The second-order valence-corrected chi connectivity index (χ2v) is 13.3. The van der Waals surface area contributed by atoms with E-state index in [4.69, 9.17) is 14.7 Å². The van der Waals surface area contributed by atoms with E-state index in [1.807, 2.05) is 32.0 Å². The third kappa shape index (κ3) is 10.1. The molecule has 1 unspecified atom stereocenters. The van der Waals surface area contributed by atoms with Crippen LogP contribution in [0.5, 0.6) is 0 Å². The van der Waals surface area contributed by atoms with Gasteiger partial charge in [0.15, 0.2) is 5.78 Å². The van der Waals surface area contributed by atoms with Crippen LogP contribution in [0, 0.1) is 13.8 Å². The molecule has 0 saturated carbocycles. The topological polar surface area (TPSA) is 208 Å². The summed E-state index contributed by atoms with van der Waals surface area (Å²) in [6, 6.07) is 5.59. The fourth-order valence-corrected chi connectivity index (χ4v) is 7.29. The van der Waals surface area contributed by atoms with Gasteiger partial charge >= 0.3 is 135 Å². The molecule has 0 aromatic carbocycles. The van der Waals surface area contributed by atoms with Crippen molar-refractivity contribution in [1.29, 1.82) is 0 Å². The molecular formula is C37H45K2N5O8Pd+4. The number of fused-ring (bicyclic) bond motifs is 8. The summed E-state index contributed by atoms with van der Waals surface area (Å²) in [6.07, 6.45) is -1.07. The number of aliphatic hydroxyl groups excluding tert-OH is 2. The fourth-order valence-electron chi connectivity index (χ4n) is 7.29. The zero-order valence-electron chi connectivity index (χ0n) is 31.7. The van der Waals surface area contributed by atoms with E-state index in [9.17, 15) is 34.5 Å². The Labute approximate surface area is 407 Å². The molecule has 0 radical (unpaired) electrons. The van der Waals surface area contributed by atoms with Gasteiger partial charge in [0.25, 0.3) is 5.91 Å². The van der Waals surface area contributed by atoms with Crippen molar-refractivity contribution in [3.63, 3.8) is 0 Å². The number of carboxylic acids is 1. The SMILES string of the molecule is CC[C@H]1c2cc3[nH]c(c(CC(=O)OC)c4nc(cc5[nH]c(cc(n2)[C@@H]1C)c(C(C)=O)c5C)[C@@H](C)[C@@H]4CC(=O)O)c(C(=O)NCC(O)CO)c3C.[K+].[K+].[Pd+2]. The maximum Gasteiger partial charge on any atom is 2.00 e. The van der Waals surface area contributed by atoms with Crippen LogP contribution in [0.2, 0.25) is 0 Å². The summed E-state index contributed by atoms with van der Waals surface area (Å²) in [5, 5.41) is 32.1. The third-order valence-corrected chi connectivity index (χ3v) is 10.1. The first kappa shape index (κ1) is 48.2. The van der Waals surface area contributed by atoms with Crippen molar-refractivity contribution in [1.82, 2.24) is 25.3 Å². The predicted molar refractivity (Wildman–Crippen MR) is 186 cm³/mol. The molecule has 53 heavy (non-hydrogen) atoms. The minimum Gasteiger partial charge on any atom is -0.481 e. The zero-order valence-corrected chi connectivity index (χ0v) is 39.5. The smallest absolute Gasteiger partial charge is 0.481 e. The van der Waals surface area contributed by atoms with Gasteiger partial charge < -0.3 is 35.3 Å². The number of aromatic nitrogens is 4. The van der Waals surface area contributed by atoms with Gasteiger partial charge in [-0.25, -0.2) is 0 Å². The van der Waals surface area contributed by atoms with E-state index in [1.54, 1.807) is 6.92 Å². The van der Waals surface area contributed by atoms with Gasteiger partial charge in [-0.3, -0.25) is 29.1 Å². The number of aliphatic hydroxyl groups is 2. The van der Waals surface area contributed by atoms with Gasteiger partial charge in [0.2, 0.25) is 0 Å². The van der Waals surface area contributed by atoms with E-state index in [1.165, 1.54) is 14.0 Å². The van der Waals surface area contributed by atoms with Crippen LogP contribution >= 0.6 is 0 Å². The van der Waals surface area contributed by atoms with Gasteiger partial charge in [-0.1, -0.05) is 20.8 Å². The number of nitrogens with one attached hydrogen (secondary N) is 3. The summed E-state index contributed by atoms with van der Waals surface area (Å²) in [6.45, 7) is 10.3. The minimum atomic E-state index is -1.20. The average Bonchev–Trinajstić information content (AvgIpc) is 3.75. The number of H-pyrrole nitrogens is 2. The fraction of sp³-hybridized carbons (Fsp3) is 0.459. The number of ether oxygens (including phenoxy) is 1. The maximum absolute atomic E-state index is 13.9. The standard InChI is InChI=1S/C37H45N5O8.2K.Pd/c1-8-22-16(2)25-13-30-33(20(6)44)18(4)27(40-30)11-26-17(3)23(9-31(46)47)35(41-26)24(10-32(48)50-7)36-34(37(49)38-14-21(45)15-43)19(5)28(42-36)12-29(22)39-25;;;/h11-13,16-17,21-23,40,42-43,45H,8-10,14-15H2,1-7H3,(H,38,49)(H,46,47);;;/q;2*+1;+2/t16-,17+,21?,22-,23+;;;/m1.../s1. The van der Waals surface area contributed by atoms with Crippen LogP contribution < -0.4 is 108 Å². The van der Waals surface area contributed by atoms with Gasteiger partial charge in [-0.05, 0) is 56.5 Å². The molecular weight excluding hydrogens is 827 g/mol. The molecule has 274 valence electrons. The Hall–Kier alpha value is -0.945. The first-order valence-electron chi connectivity index (χ1n) is 16.8. The normalized spacial score (nSPS) is 18.1. The molecule has 6 N–H and O–H groups in total. The van der Waals surface area contributed by atoms with Gasteiger partial charge in [-0.2, -0.15) is 0 Å². The van der Waals surface area contributed by atoms with Crippen molar-refractivity contribution in [2.24, 2.45) is 0 Å². The van der Waals surface area contributed by atoms with Crippen molar-refractivity contribution in [3.05, 3.63) is 68.8 Å². The molecule has 16 heteroatoms. The minimum absolute atomic E-state index is 0. The molecule has 0 spiro atoms. The van der Waals surface area contributed by atoms with Gasteiger partial charge in [0.05, 0.1) is 55.0 Å². The Morgan fingerprint density at radius 2 is 1.47 bits per heavy atom. The number of esters is 1. The third-order valence-electron chi connectivity index (χ3n) is 10.1. The molecule has 2 aliphatic rings. The monoisotopic (exact) mass is 871 g/mol. The number of carbonyl (C=O) groups is 4. The van der Waals surface area contributed by atoms with Crippen molar-refractivity contribution in [2.45, 2.75) is 90.6 Å². The van der Waals surface area contributed by atoms with Crippen LogP contribution in [-0.2, 0) is 41.2 Å². The Balaban J connectivity index is 0.00000324. The second-order valence-electron chi connectivity index (χ2n) is 13.3. The Morgan fingerprint density at radius 3 is 2.06 bits per heavy atom. The number of carboxylic acid groups (broad SMARTS) is 1. The number of nitrogens with zero attached hydrogens (tertiary/aromatic N) is 2. The zero-order chi connectivity index (χ0) is 36.6. The van der Waals surface area contributed by atoms with Crippen LogP contribution in [0.1, 0.15) is 124 Å². The van der Waals surface area contributed by atoms with Crippen molar-refractivity contribution < 1.29 is 162 Å². The molecule has 13 nitrogen and oxygen atoms in total. The quantitative estimate of drug-likeness (QED) is 0.0799. The van der Waals surface area contributed by atoms with Crippen LogP contribution in [0.25, 0.3) is 22.1 Å². The van der Waals surface area contributed by atoms with Gasteiger partial charge in [-0.15, -0.1) is 0 Å².